The minimum atomic E-state index is -4.74. The number of carbonyl (C=O) groups excluding carboxylic acids is 2. The Morgan fingerprint density at radius 3 is 1.89 bits per heavy atom. The first-order chi connectivity index (χ1) is 26.2. The first-order valence-electron chi connectivity index (χ1n) is 18.4. The molecule has 0 spiro atoms. The van der Waals surface area contributed by atoms with Crippen LogP contribution in [0.15, 0.2) is 24.3 Å². The van der Waals surface area contributed by atoms with E-state index >= 15 is 0 Å². The minimum absolute atomic E-state index is 0.0455. The number of amides is 2. The van der Waals surface area contributed by atoms with Crippen LogP contribution in [-0.2, 0) is 19.4 Å². The van der Waals surface area contributed by atoms with Crippen molar-refractivity contribution < 1.29 is 59.6 Å². The number of anilines is 2. The van der Waals surface area contributed by atoms with Gasteiger partial charge in [-0.2, -0.15) is 8.42 Å². The highest BCUT2D eigenvalue weighted by molar-refractivity contribution is 7.86. The molecule has 4 aliphatic rings. The summed E-state index contributed by atoms with van der Waals surface area (Å²) in [6, 6.07) is 4.77. The van der Waals surface area contributed by atoms with E-state index < -0.39 is 46.9 Å². The Morgan fingerprint density at radius 1 is 0.782 bits per heavy atom. The van der Waals surface area contributed by atoms with Crippen molar-refractivity contribution in [3.8, 4) is 23.0 Å². The molecule has 0 bridgehead atoms. The van der Waals surface area contributed by atoms with Gasteiger partial charge in [0.15, 0.2) is 28.4 Å². The van der Waals surface area contributed by atoms with Gasteiger partial charge < -0.3 is 48.7 Å². The standard InChI is InChI=1S/C36H49F2N4O11PS/c1-49-7-4-10-54(45,11-5-8-52-32-17-27-25(15-30(32)50-2)35(43)41-20-22(37)13-24(41)19-39-27)12-6-9-53-33-18-28-26(16-31(33)51-3)36(44)42-21-23(38)14-29(42)34(40-28)55(46,47)48/h15-18,22-24,29,34,39-40H,4-14,19-21H2,1-3H3,(H,46,47,48). The number of carbonyl (C=O) groups is 2. The molecule has 6 rings (SSSR count). The molecule has 15 nitrogen and oxygen atoms in total. The highest BCUT2D eigenvalue weighted by Gasteiger charge is 2.48. The summed E-state index contributed by atoms with van der Waals surface area (Å²) in [5.74, 6) is 0.311. The summed E-state index contributed by atoms with van der Waals surface area (Å²) in [5, 5.41) is 4.33. The molecule has 2 aromatic carbocycles. The van der Waals surface area contributed by atoms with Crippen molar-refractivity contribution in [3.63, 3.8) is 0 Å². The van der Waals surface area contributed by atoms with Gasteiger partial charge in [0.25, 0.3) is 21.9 Å². The van der Waals surface area contributed by atoms with Gasteiger partial charge in [0.2, 0.25) is 0 Å². The molecule has 0 aliphatic carbocycles. The van der Waals surface area contributed by atoms with Crippen LogP contribution in [-0.4, -0.2) is 144 Å². The molecule has 4 heterocycles. The van der Waals surface area contributed by atoms with Crippen molar-refractivity contribution >= 4 is 40.4 Å². The Balaban J connectivity index is 1.08. The number of hydrogen-bond donors (Lipinski definition) is 3. The number of fused-ring (bicyclic) bond motifs is 4. The second-order valence-corrected chi connectivity index (χ2v) is 19.3. The first kappa shape index (κ1) is 40.8. The second-order valence-electron chi connectivity index (χ2n) is 14.3. The van der Waals surface area contributed by atoms with Crippen LogP contribution in [0.5, 0.6) is 23.0 Å². The summed E-state index contributed by atoms with van der Waals surface area (Å²) in [6.07, 6.45) is 0.227. The Morgan fingerprint density at radius 2 is 1.31 bits per heavy atom. The Kier molecular flexibility index (Phi) is 12.7. The number of rotatable bonds is 17. The van der Waals surface area contributed by atoms with Crippen LogP contribution in [0.2, 0.25) is 0 Å². The van der Waals surface area contributed by atoms with Gasteiger partial charge in [0, 0.05) is 63.7 Å². The molecule has 6 atom stereocenters. The fourth-order valence-corrected chi connectivity index (χ4v) is 11.6. The van der Waals surface area contributed by atoms with Crippen molar-refractivity contribution in [2.75, 3.05) is 89.9 Å². The molecule has 2 aromatic rings. The van der Waals surface area contributed by atoms with Crippen molar-refractivity contribution in [1.29, 1.82) is 0 Å². The predicted octanol–water partition coefficient (Wildman–Crippen LogP) is 4.51. The minimum Gasteiger partial charge on any atom is -0.493 e. The zero-order chi connectivity index (χ0) is 39.5. The molecule has 0 radical (unpaired) electrons. The molecule has 2 fully saturated rings. The lowest BCUT2D eigenvalue weighted by molar-refractivity contribution is 0.0730. The number of nitrogens with zero attached hydrogens (tertiary/aromatic N) is 2. The second kappa shape index (κ2) is 17.1. The summed E-state index contributed by atoms with van der Waals surface area (Å²) >= 11 is 0. The lowest BCUT2D eigenvalue weighted by atomic mass is 10.1. The average Bonchev–Trinajstić information content (AvgIpc) is 3.67. The summed E-state index contributed by atoms with van der Waals surface area (Å²) in [6.45, 7) is 0.984. The number of methoxy groups -OCH3 is 3. The molecule has 6 unspecified atom stereocenters. The van der Waals surface area contributed by atoms with Crippen molar-refractivity contribution in [2.24, 2.45) is 0 Å². The van der Waals surface area contributed by atoms with Gasteiger partial charge >= 0.3 is 0 Å². The molecule has 55 heavy (non-hydrogen) atoms. The molecule has 0 aromatic heterocycles. The number of benzene rings is 2. The van der Waals surface area contributed by atoms with E-state index in [0.717, 1.165) is 4.90 Å². The third-order valence-corrected chi connectivity index (χ3v) is 15.1. The van der Waals surface area contributed by atoms with Gasteiger partial charge in [-0.1, -0.05) is 0 Å². The van der Waals surface area contributed by atoms with Crippen LogP contribution in [0.4, 0.5) is 20.2 Å². The summed E-state index contributed by atoms with van der Waals surface area (Å²) < 4.78 is 106. The normalized spacial score (nSPS) is 24.3. The third kappa shape index (κ3) is 9.08. The van der Waals surface area contributed by atoms with E-state index in [0.29, 0.717) is 73.6 Å². The molecule has 19 heteroatoms. The Hall–Kier alpha value is -3.86. The predicted molar refractivity (Wildman–Crippen MR) is 201 cm³/mol. The van der Waals surface area contributed by atoms with E-state index in [4.69, 9.17) is 23.7 Å². The van der Waals surface area contributed by atoms with Gasteiger partial charge in [-0.25, -0.2) is 8.78 Å². The Labute approximate surface area is 319 Å². The highest BCUT2D eigenvalue weighted by atomic mass is 32.2. The van der Waals surface area contributed by atoms with Crippen LogP contribution in [0.3, 0.4) is 0 Å². The number of nitrogens with one attached hydrogen (secondary N) is 2. The fourth-order valence-electron chi connectivity index (χ4n) is 7.88. The maximum absolute atomic E-state index is 14.3. The SMILES string of the molecule is COCCCP(=O)(CCCOc1cc2c(cc1OC)C(=O)N1CC(F)CC1CN2)CCCOc1cc2c(cc1OC)C(=O)N1CC(F)CC1C(S(=O)(=O)O)N2. The maximum atomic E-state index is 14.3. The zero-order valence-electron chi connectivity index (χ0n) is 31.1. The molecular weight excluding hydrogens is 765 g/mol. The van der Waals surface area contributed by atoms with Gasteiger partial charge in [-0.3, -0.25) is 14.1 Å². The van der Waals surface area contributed by atoms with Crippen molar-refractivity contribution in [3.05, 3.63) is 35.4 Å². The summed E-state index contributed by atoms with van der Waals surface area (Å²) in [5.41, 5.74) is 1.10. The summed E-state index contributed by atoms with van der Waals surface area (Å²) in [7, 11) is -3.03. The van der Waals surface area contributed by atoms with Gasteiger partial charge in [0.1, 0.15) is 12.3 Å². The van der Waals surface area contributed by atoms with Crippen LogP contribution in [0, 0.1) is 0 Å². The van der Waals surface area contributed by atoms with Crippen LogP contribution < -0.4 is 29.6 Å². The largest absolute Gasteiger partial charge is 0.493 e. The maximum Gasteiger partial charge on any atom is 0.288 e. The van der Waals surface area contributed by atoms with E-state index in [-0.39, 0.29) is 73.8 Å². The lowest BCUT2D eigenvalue weighted by Crippen LogP contribution is -2.47. The molecule has 3 N–H and O–H groups in total. The van der Waals surface area contributed by atoms with Crippen LogP contribution in [0.1, 0.15) is 52.8 Å². The van der Waals surface area contributed by atoms with Crippen molar-refractivity contribution in [1.82, 2.24) is 9.80 Å². The quantitative estimate of drug-likeness (QED) is 0.115. The summed E-state index contributed by atoms with van der Waals surface area (Å²) in [4.78, 5) is 29.3. The van der Waals surface area contributed by atoms with E-state index in [2.05, 4.69) is 10.6 Å². The van der Waals surface area contributed by atoms with Gasteiger partial charge in [-0.15, -0.1) is 0 Å². The Bertz CT molecular complexity index is 1910. The van der Waals surface area contributed by atoms with Crippen LogP contribution >= 0.6 is 7.14 Å². The van der Waals surface area contributed by atoms with E-state index in [9.17, 15) is 35.9 Å². The average molecular weight is 815 g/mol. The fraction of sp³-hybridized carbons (Fsp3) is 0.611. The van der Waals surface area contributed by atoms with Crippen molar-refractivity contribution in [2.45, 2.75) is 61.9 Å². The monoisotopic (exact) mass is 814 g/mol. The number of halogens is 2. The molecule has 304 valence electrons. The van der Waals surface area contributed by atoms with E-state index in [1.165, 1.54) is 26.4 Å². The van der Waals surface area contributed by atoms with Gasteiger partial charge in [0.05, 0.1) is 82.3 Å². The number of ether oxygens (including phenoxy) is 5. The first-order valence-corrected chi connectivity index (χ1v) is 22.1. The zero-order valence-corrected chi connectivity index (χ0v) is 32.8. The van der Waals surface area contributed by atoms with Crippen LogP contribution in [0.25, 0.3) is 0 Å². The third-order valence-electron chi connectivity index (χ3n) is 10.6. The van der Waals surface area contributed by atoms with Gasteiger partial charge in [-0.05, 0) is 31.4 Å². The molecule has 2 amide bonds. The topological polar surface area (TPSA) is 182 Å². The van der Waals surface area contributed by atoms with E-state index in [1.807, 2.05) is 0 Å². The lowest BCUT2D eigenvalue weighted by Gasteiger charge is -2.26. The highest BCUT2D eigenvalue weighted by Crippen LogP contribution is 2.48. The van der Waals surface area contributed by atoms with E-state index in [1.54, 1.807) is 24.1 Å². The molecule has 4 aliphatic heterocycles. The number of alkyl halides is 2. The molecule has 2 saturated heterocycles. The smallest absolute Gasteiger partial charge is 0.288 e. The molecule has 0 saturated carbocycles. The molecular formula is C36H49F2N4O11PS. The number of hydrogen-bond acceptors (Lipinski definition) is 12.